The summed E-state index contributed by atoms with van der Waals surface area (Å²) in [5.41, 5.74) is 0.0695. The van der Waals surface area contributed by atoms with Crippen LogP contribution in [0.3, 0.4) is 0 Å². The number of nitro groups is 1. The molecule has 0 saturated heterocycles. The van der Waals surface area contributed by atoms with Crippen LogP contribution in [0.4, 0.5) is 17.3 Å². The van der Waals surface area contributed by atoms with Crippen LogP contribution in [0.15, 0.2) is 12.1 Å². The molecule has 0 spiro atoms. The molecule has 98 valence electrons. The fourth-order valence-corrected chi connectivity index (χ4v) is 2.03. The molecule has 1 aromatic heterocycles. The molecule has 2 rings (SSSR count). The van der Waals surface area contributed by atoms with Crippen LogP contribution in [0.5, 0.6) is 0 Å². The summed E-state index contributed by atoms with van der Waals surface area (Å²) in [6.45, 7) is 3.12. The average molecular weight is 250 g/mol. The van der Waals surface area contributed by atoms with Crippen LogP contribution >= 0.6 is 0 Å². The van der Waals surface area contributed by atoms with Gasteiger partial charge in [0, 0.05) is 20.6 Å². The van der Waals surface area contributed by atoms with Gasteiger partial charge in [0.2, 0.25) is 0 Å². The number of hydrogen-bond donors (Lipinski definition) is 1. The van der Waals surface area contributed by atoms with Crippen LogP contribution in [0, 0.1) is 22.0 Å². The van der Waals surface area contributed by atoms with Crippen molar-refractivity contribution in [2.75, 3.05) is 30.9 Å². The van der Waals surface area contributed by atoms with Gasteiger partial charge in [-0.25, -0.2) is 4.98 Å². The molecule has 6 nitrogen and oxygen atoms in total. The van der Waals surface area contributed by atoms with Crippen LogP contribution < -0.4 is 10.2 Å². The number of nitrogens with one attached hydrogen (secondary N) is 1. The Morgan fingerprint density at radius 3 is 2.78 bits per heavy atom. The highest BCUT2D eigenvalue weighted by Gasteiger charge is 2.33. The summed E-state index contributed by atoms with van der Waals surface area (Å²) in [6.07, 6.45) is 1.23. The maximum absolute atomic E-state index is 10.9. The van der Waals surface area contributed by atoms with E-state index in [1.54, 1.807) is 7.05 Å². The molecule has 1 aliphatic rings. The lowest BCUT2D eigenvalue weighted by molar-refractivity contribution is -0.384. The van der Waals surface area contributed by atoms with Gasteiger partial charge < -0.3 is 10.2 Å². The van der Waals surface area contributed by atoms with Crippen molar-refractivity contribution in [2.24, 2.45) is 11.8 Å². The monoisotopic (exact) mass is 250 g/mol. The Morgan fingerprint density at radius 2 is 2.28 bits per heavy atom. The lowest BCUT2D eigenvalue weighted by atomic mass is 10.3. The summed E-state index contributed by atoms with van der Waals surface area (Å²) >= 11 is 0. The molecule has 1 aliphatic carbocycles. The maximum atomic E-state index is 10.9. The minimum absolute atomic E-state index is 0.0695. The lowest BCUT2D eigenvalue weighted by Gasteiger charge is -2.18. The Kier molecular flexibility index (Phi) is 3.36. The second-order valence-electron chi connectivity index (χ2n) is 4.93. The van der Waals surface area contributed by atoms with Crippen molar-refractivity contribution >= 4 is 17.3 Å². The molecular weight excluding hydrogens is 232 g/mol. The molecule has 0 bridgehead atoms. The van der Waals surface area contributed by atoms with E-state index in [1.807, 2.05) is 11.9 Å². The van der Waals surface area contributed by atoms with Crippen molar-refractivity contribution in [3.05, 3.63) is 22.2 Å². The van der Waals surface area contributed by atoms with Crippen LogP contribution in [-0.2, 0) is 0 Å². The van der Waals surface area contributed by atoms with Crippen LogP contribution in [0.2, 0.25) is 0 Å². The molecule has 0 aromatic carbocycles. The molecule has 2 atom stereocenters. The number of anilines is 2. The predicted octanol–water partition coefficient (Wildman–Crippen LogP) is 2.12. The number of nitrogens with zero attached hydrogens (tertiary/aromatic N) is 3. The second kappa shape index (κ2) is 4.80. The summed E-state index contributed by atoms with van der Waals surface area (Å²) < 4.78 is 0. The molecule has 1 fully saturated rings. The largest absolute Gasteiger partial charge is 0.373 e. The fraction of sp³-hybridized carbons (Fsp3) is 0.583. The third-order valence-corrected chi connectivity index (χ3v) is 3.44. The van der Waals surface area contributed by atoms with E-state index in [9.17, 15) is 10.1 Å². The Labute approximate surface area is 106 Å². The predicted molar refractivity (Wildman–Crippen MR) is 71.0 cm³/mol. The first kappa shape index (κ1) is 12.6. The lowest BCUT2D eigenvalue weighted by Crippen LogP contribution is -2.22. The maximum Gasteiger partial charge on any atom is 0.276 e. The van der Waals surface area contributed by atoms with E-state index >= 15 is 0 Å². The normalized spacial score (nSPS) is 21.5. The number of pyridine rings is 1. The summed E-state index contributed by atoms with van der Waals surface area (Å²) in [4.78, 5) is 16.8. The molecule has 6 heteroatoms. The van der Waals surface area contributed by atoms with Gasteiger partial charge >= 0.3 is 0 Å². The van der Waals surface area contributed by atoms with Crippen LogP contribution in [0.25, 0.3) is 0 Å². The zero-order valence-corrected chi connectivity index (χ0v) is 10.9. The third kappa shape index (κ3) is 2.69. The molecule has 0 aliphatic heterocycles. The summed E-state index contributed by atoms with van der Waals surface area (Å²) in [5, 5.41) is 13.7. The van der Waals surface area contributed by atoms with Crippen molar-refractivity contribution < 1.29 is 4.92 Å². The van der Waals surface area contributed by atoms with Crippen molar-refractivity contribution in [3.63, 3.8) is 0 Å². The van der Waals surface area contributed by atoms with E-state index in [0.29, 0.717) is 17.6 Å². The number of hydrogen-bond acceptors (Lipinski definition) is 5. The van der Waals surface area contributed by atoms with Crippen molar-refractivity contribution in [1.82, 2.24) is 4.98 Å². The first-order valence-electron chi connectivity index (χ1n) is 6.06. The van der Waals surface area contributed by atoms with Crippen LogP contribution in [-0.4, -0.2) is 30.5 Å². The van der Waals surface area contributed by atoms with Gasteiger partial charge in [-0.05, 0) is 18.3 Å². The quantitative estimate of drug-likeness (QED) is 0.640. The van der Waals surface area contributed by atoms with E-state index < -0.39 is 0 Å². The zero-order valence-electron chi connectivity index (χ0n) is 10.9. The molecule has 18 heavy (non-hydrogen) atoms. The Morgan fingerprint density at radius 1 is 1.61 bits per heavy atom. The molecule has 2 unspecified atom stereocenters. The Hall–Kier alpha value is -1.85. The average Bonchev–Trinajstić information content (AvgIpc) is 3.04. The first-order valence-corrected chi connectivity index (χ1v) is 6.06. The van der Waals surface area contributed by atoms with Gasteiger partial charge in [-0.2, -0.15) is 0 Å². The highest BCUT2D eigenvalue weighted by molar-refractivity contribution is 5.55. The minimum Gasteiger partial charge on any atom is -0.373 e. The van der Waals surface area contributed by atoms with Gasteiger partial charge in [-0.1, -0.05) is 6.92 Å². The fourth-order valence-electron chi connectivity index (χ4n) is 2.03. The van der Waals surface area contributed by atoms with E-state index in [1.165, 1.54) is 18.6 Å². The van der Waals surface area contributed by atoms with E-state index in [0.717, 1.165) is 12.5 Å². The molecule has 1 saturated carbocycles. The molecule has 0 amide bonds. The van der Waals surface area contributed by atoms with E-state index in [4.69, 9.17) is 0 Å². The SMILES string of the molecule is CNc1cc([N+](=O)[O-])cc(N(C)CC2CC2C)n1. The number of aromatic nitrogens is 1. The first-order chi connectivity index (χ1) is 8.51. The molecule has 1 heterocycles. The molecule has 1 aromatic rings. The second-order valence-corrected chi connectivity index (χ2v) is 4.93. The smallest absolute Gasteiger partial charge is 0.276 e. The molecule has 1 N–H and O–H groups in total. The Bertz CT molecular complexity index is 463. The zero-order chi connectivity index (χ0) is 13.3. The van der Waals surface area contributed by atoms with E-state index in [-0.39, 0.29) is 10.6 Å². The van der Waals surface area contributed by atoms with E-state index in [2.05, 4.69) is 17.2 Å². The Balaban J connectivity index is 2.19. The third-order valence-electron chi connectivity index (χ3n) is 3.44. The molecular formula is C12H18N4O2. The van der Waals surface area contributed by atoms with Crippen molar-refractivity contribution in [1.29, 1.82) is 0 Å². The van der Waals surface area contributed by atoms with Crippen molar-refractivity contribution in [3.8, 4) is 0 Å². The van der Waals surface area contributed by atoms with Gasteiger partial charge in [0.1, 0.15) is 11.6 Å². The summed E-state index contributed by atoms with van der Waals surface area (Å²) in [7, 11) is 3.63. The standard InChI is InChI=1S/C12H18N4O2/c1-8-4-9(8)7-15(3)12-6-10(16(17)18)5-11(13-2)14-12/h5-6,8-9H,4,7H2,1-3H3,(H,13,14). The number of rotatable bonds is 5. The topological polar surface area (TPSA) is 71.3 Å². The van der Waals surface area contributed by atoms with Gasteiger partial charge in [0.25, 0.3) is 5.69 Å². The summed E-state index contributed by atoms with van der Waals surface area (Å²) in [5.74, 6) is 2.62. The van der Waals surface area contributed by atoms with Gasteiger partial charge in [-0.3, -0.25) is 10.1 Å². The van der Waals surface area contributed by atoms with Crippen LogP contribution in [0.1, 0.15) is 13.3 Å². The molecule has 0 radical (unpaired) electrons. The summed E-state index contributed by atoms with van der Waals surface area (Å²) in [6, 6.07) is 2.96. The van der Waals surface area contributed by atoms with Gasteiger partial charge in [-0.15, -0.1) is 0 Å². The minimum atomic E-state index is -0.389. The van der Waals surface area contributed by atoms with Gasteiger partial charge in [0.15, 0.2) is 0 Å². The van der Waals surface area contributed by atoms with Crippen molar-refractivity contribution in [2.45, 2.75) is 13.3 Å². The highest BCUT2D eigenvalue weighted by Crippen LogP contribution is 2.38. The highest BCUT2D eigenvalue weighted by atomic mass is 16.6. The van der Waals surface area contributed by atoms with Gasteiger partial charge in [0.05, 0.1) is 17.1 Å².